The largest absolute Gasteiger partial charge is 0.369 e. The summed E-state index contributed by atoms with van der Waals surface area (Å²) in [7, 11) is 1.99. The van der Waals surface area contributed by atoms with Gasteiger partial charge in [0.1, 0.15) is 6.07 Å². The zero-order chi connectivity index (χ0) is 12.4. The quantitative estimate of drug-likeness (QED) is 0.892. The van der Waals surface area contributed by atoms with E-state index >= 15 is 0 Å². The molecule has 0 amide bonds. The van der Waals surface area contributed by atoms with E-state index in [1.54, 1.807) is 6.07 Å². The van der Waals surface area contributed by atoms with E-state index in [1.165, 1.54) is 12.8 Å². The maximum Gasteiger partial charge on any atom is 0.103 e. The highest BCUT2D eigenvalue weighted by molar-refractivity contribution is 6.32. The molecule has 1 saturated carbocycles. The second-order valence-corrected chi connectivity index (χ2v) is 4.90. The molecule has 2 N–H and O–H groups in total. The first-order valence-corrected chi connectivity index (χ1v) is 6.18. The summed E-state index contributed by atoms with van der Waals surface area (Å²) >= 11 is 6.04. The van der Waals surface area contributed by atoms with Crippen molar-refractivity contribution in [3.05, 3.63) is 28.8 Å². The summed E-state index contributed by atoms with van der Waals surface area (Å²) in [6.07, 6.45) is 2.46. The van der Waals surface area contributed by atoms with Gasteiger partial charge in [0.15, 0.2) is 0 Å². The van der Waals surface area contributed by atoms with Crippen LogP contribution in [0.2, 0.25) is 5.02 Å². The minimum absolute atomic E-state index is 0.306. The van der Waals surface area contributed by atoms with Crippen molar-refractivity contribution in [3.8, 4) is 6.07 Å². The molecule has 1 fully saturated rings. The van der Waals surface area contributed by atoms with Crippen LogP contribution in [-0.2, 0) is 0 Å². The standard InChI is InChI=1S/C13H16ClN3/c1-17(13(8-16)9-5-6-9)12-4-2-3-11(14)10(12)7-15/h2-4,9,13H,5-6,8,16H2,1H3. The summed E-state index contributed by atoms with van der Waals surface area (Å²) in [5, 5.41) is 9.67. The van der Waals surface area contributed by atoms with Crippen LogP contribution in [0.4, 0.5) is 5.69 Å². The van der Waals surface area contributed by atoms with Crippen LogP contribution in [0.25, 0.3) is 0 Å². The van der Waals surface area contributed by atoms with Gasteiger partial charge in [-0.25, -0.2) is 0 Å². The van der Waals surface area contributed by atoms with E-state index in [0.29, 0.717) is 29.1 Å². The van der Waals surface area contributed by atoms with Crippen LogP contribution in [0.1, 0.15) is 18.4 Å². The highest BCUT2D eigenvalue weighted by Crippen LogP contribution is 2.37. The van der Waals surface area contributed by atoms with Crippen molar-refractivity contribution >= 4 is 17.3 Å². The Labute approximate surface area is 107 Å². The first-order valence-electron chi connectivity index (χ1n) is 5.80. The van der Waals surface area contributed by atoms with Gasteiger partial charge in [0.25, 0.3) is 0 Å². The third-order valence-corrected chi connectivity index (χ3v) is 3.70. The molecule has 1 aliphatic carbocycles. The molecule has 17 heavy (non-hydrogen) atoms. The van der Waals surface area contributed by atoms with Crippen LogP contribution < -0.4 is 10.6 Å². The highest BCUT2D eigenvalue weighted by atomic mass is 35.5. The second kappa shape index (κ2) is 4.95. The van der Waals surface area contributed by atoms with Crippen molar-refractivity contribution in [2.45, 2.75) is 18.9 Å². The molecule has 1 aromatic rings. The molecule has 0 bridgehead atoms. The smallest absolute Gasteiger partial charge is 0.103 e. The van der Waals surface area contributed by atoms with Crippen molar-refractivity contribution < 1.29 is 0 Å². The fourth-order valence-electron chi connectivity index (χ4n) is 2.24. The van der Waals surface area contributed by atoms with Gasteiger partial charge in [-0.2, -0.15) is 5.26 Å². The van der Waals surface area contributed by atoms with Gasteiger partial charge in [-0.1, -0.05) is 17.7 Å². The lowest BCUT2D eigenvalue weighted by Crippen LogP contribution is -2.40. The topological polar surface area (TPSA) is 53.0 Å². The number of likely N-dealkylation sites (N-methyl/N-ethyl adjacent to an activating group) is 1. The Balaban J connectivity index is 2.32. The zero-order valence-electron chi connectivity index (χ0n) is 9.86. The van der Waals surface area contributed by atoms with E-state index in [-0.39, 0.29) is 0 Å². The van der Waals surface area contributed by atoms with Crippen molar-refractivity contribution in [1.82, 2.24) is 0 Å². The fraction of sp³-hybridized carbons (Fsp3) is 0.462. The van der Waals surface area contributed by atoms with E-state index in [0.717, 1.165) is 5.69 Å². The van der Waals surface area contributed by atoms with Gasteiger partial charge in [0.05, 0.1) is 16.3 Å². The molecule has 0 saturated heterocycles. The van der Waals surface area contributed by atoms with E-state index in [4.69, 9.17) is 22.6 Å². The van der Waals surface area contributed by atoms with E-state index < -0.39 is 0 Å². The summed E-state index contributed by atoms with van der Waals surface area (Å²) in [5.41, 5.74) is 7.24. The molecule has 0 spiro atoms. The second-order valence-electron chi connectivity index (χ2n) is 4.50. The zero-order valence-corrected chi connectivity index (χ0v) is 10.6. The third kappa shape index (κ3) is 2.38. The molecule has 1 atom stereocenters. The maximum atomic E-state index is 9.16. The van der Waals surface area contributed by atoms with Crippen LogP contribution in [-0.4, -0.2) is 19.6 Å². The Morgan fingerprint density at radius 1 is 1.59 bits per heavy atom. The molecule has 2 rings (SSSR count). The molecular formula is C13H16ClN3. The van der Waals surface area contributed by atoms with Gasteiger partial charge in [0, 0.05) is 19.6 Å². The van der Waals surface area contributed by atoms with Crippen LogP contribution >= 0.6 is 11.6 Å². The fourth-order valence-corrected chi connectivity index (χ4v) is 2.46. The average Bonchev–Trinajstić information content (AvgIpc) is 3.14. The number of rotatable bonds is 4. The average molecular weight is 250 g/mol. The molecule has 1 unspecified atom stereocenters. The predicted octanol–water partition coefficient (Wildman–Crippen LogP) is 2.39. The number of nitrogens with zero attached hydrogens (tertiary/aromatic N) is 2. The molecule has 0 heterocycles. The summed E-state index contributed by atoms with van der Waals surface area (Å²) in [6, 6.07) is 8.01. The lowest BCUT2D eigenvalue weighted by atomic mass is 10.1. The Morgan fingerprint density at radius 3 is 2.82 bits per heavy atom. The first kappa shape index (κ1) is 12.2. The summed E-state index contributed by atoms with van der Waals surface area (Å²) < 4.78 is 0. The Bertz CT molecular complexity index is 448. The number of nitrogens with two attached hydrogens (primary N) is 1. The monoisotopic (exact) mass is 249 g/mol. The Kier molecular flexibility index (Phi) is 3.56. The van der Waals surface area contributed by atoms with Gasteiger partial charge in [-0.05, 0) is 30.9 Å². The van der Waals surface area contributed by atoms with Crippen LogP contribution in [0.5, 0.6) is 0 Å². The summed E-state index contributed by atoms with van der Waals surface area (Å²) in [5.74, 6) is 0.663. The van der Waals surface area contributed by atoms with Crippen LogP contribution in [0.3, 0.4) is 0 Å². The van der Waals surface area contributed by atoms with Crippen LogP contribution in [0, 0.1) is 17.2 Å². The number of hydrogen-bond donors (Lipinski definition) is 1. The first-order chi connectivity index (χ1) is 8.19. The molecule has 0 radical (unpaired) electrons. The van der Waals surface area contributed by atoms with E-state index in [1.807, 2.05) is 19.2 Å². The molecule has 0 aromatic heterocycles. The number of hydrogen-bond acceptors (Lipinski definition) is 3. The summed E-state index contributed by atoms with van der Waals surface area (Å²) in [4.78, 5) is 2.10. The summed E-state index contributed by atoms with van der Waals surface area (Å²) in [6.45, 7) is 0.610. The van der Waals surface area contributed by atoms with Gasteiger partial charge in [0.2, 0.25) is 0 Å². The van der Waals surface area contributed by atoms with Crippen molar-refractivity contribution in [2.24, 2.45) is 11.7 Å². The number of benzene rings is 1. The van der Waals surface area contributed by atoms with Gasteiger partial charge in [-0.3, -0.25) is 0 Å². The van der Waals surface area contributed by atoms with Crippen molar-refractivity contribution in [2.75, 3.05) is 18.5 Å². The van der Waals surface area contributed by atoms with Gasteiger partial charge >= 0.3 is 0 Å². The Morgan fingerprint density at radius 2 is 2.29 bits per heavy atom. The minimum Gasteiger partial charge on any atom is -0.369 e. The molecular weight excluding hydrogens is 234 g/mol. The minimum atomic E-state index is 0.306. The van der Waals surface area contributed by atoms with E-state index in [2.05, 4.69) is 11.0 Å². The number of halogens is 1. The SMILES string of the molecule is CN(c1cccc(Cl)c1C#N)C(CN)C1CC1. The predicted molar refractivity (Wildman–Crippen MR) is 70.1 cm³/mol. The molecule has 0 aliphatic heterocycles. The molecule has 3 nitrogen and oxygen atoms in total. The van der Waals surface area contributed by atoms with Crippen LogP contribution in [0.15, 0.2) is 18.2 Å². The van der Waals surface area contributed by atoms with E-state index in [9.17, 15) is 0 Å². The number of anilines is 1. The number of nitriles is 1. The van der Waals surface area contributed by atoms with Gasteiger partial charge in [-0.15, -0.1) is 0 Å². The molecule has 90 valence electrons. The van der Waals surface area contributed by atoms with Gasteiger partial charge < -0.3 is 10.6 Å². The lowest BCUT2D eigenvalue weighted by molar-refractivity contribution is 0.570. The lowest BCUT2D eigenvalue weighted by Gasteiger charge is -2.30. The van der Waals surface area contributed by atoms with Crippen molar-refractivity contribution in [1.29, 1.82) is 5.26 Å². The third-order valence-electron chi connectivity index (χ3n) is 3.39. The highest BCUT2D eigenvalue weighted by Gasteiger charge is 2.33. The maximum absolute atomic E-state index is 9.16. The Hall–Kier alpha value is -1.24. The molecule has 1 aromatic carbocycles. The normalized spacial score (nSPS) is 16.4. The molecule has 4 heteroatoms. The van der Waals surface area contributed by atoms with Crippen molar-refractivity contribution in [3.63, 3.8) is 0 Å². The molecule has 1 aliphatic rings.